The van der Waals surface area contributed by atoms with Crippen molar-refractivity contribution in [2.24, 2.45) is 5.92 Å². The first-order valence-electron chi connectivity index (χ1n) is 8.89. The Hall–Kier alpha value is -2.22. The number of carbonyl (C=O) groups excluding carboxylic acids is 2. The molecule has 0 atom stereocenters. The maximum absolute atomic E-state index is 12.7. The second-order valence-electron chi connectivity index (χ2n) is 6.52. The number of rotatable bonds is 4. The molecule has 26 heavy (non-hydrogen) atoms. The zero-order valence-corrected chi connectivity index (χ0v) is 14.5. The van der Waals surface area contributed by atoms with Crippen molar-refractivity contribution in [1.29, 1.82) is 0 Å². The van der Waals surface area contributed by atoms with Crippen molar-refractivity contribution in [1.82, 2.24) is 15.1 Å². The van der Waals surface area contributed by atoms with Gasteiger partial charge < -0.3 is 19.9 Å². The Morgan fingerprint density at radius 2 is 1.65 bits per heavy atom. The molecule has 0 aromatic heterocycles. The van der Waals surface area contributed by atoms with Gasteiger partial charge >= 0.3 is 6.61 Å². The third-order valence-electron chi connectivity index (χ3n) is 4.90. The van der Waals surface area contributed by atoms with Crippen molar-refractivity contribution in [3.05, 3.63) is 29.8 Å². The molecule has 2 fully saturated rings. The van der Waals surface area contributed by atoms with E-state index in [9.17, 15) is 18.4 Å². The first-order chi connectivity index (χ1) is 12.6. The molecule has 0 spiro atoms. The third kappa shape index (κ3) is 4.30. The van der Waals surface area contributed by atoms with E-state index in [1.54, 1.807) is 21.9 Å². The van der Waals surface area contributed by atoms with Crippen molar-refractivity contribution in [3.63, 3.8) is 0 Å². The predicted octanol–water partition coefficient (Wildman–Crippen LogP) is 1.57. The number of nitrogens with one attached hydrogen (secondary N) is 1. The number of ether oxygens (including phenoxy) is 1. The second-order valence-corrected chi connectivity index (χ2v) is 6.52. The van der Waals surface area contributed by atoms with E-state index in [1.807, 2.05) is 0 Å². The number of piperazine rings is 1. The summed E-state index contributed by atoms with van der Waals surface area (Å²) in [6.45, 7) is 0.435. The molecule has 1 aromatic rings. The van der Waals surface area contributed by atoms with Gasteiger partial charge in [-0.05, 0) is 38.1 Å². The fourth-order valence-electron chi connectivity index (χ4n) is 3.47. The van der Waals surface area contributed by atoms with Gasteiger partial charge in [0.2, 0.25) is 5.91 Å². The van der Waals surface area contributed by atoms with Crippen molar-refractivity contribution >= 4 is 11.8 Å². The van der Waals surface area contributed by atoms with Crippen LogP contribution in [0.2, 0.25) is 0 Å². The Kier molecular flexibility index (Phi) is 6.03. The van der Waals surface area contributed by atoms with Crippen LogP contribution in [-0.4, -0.2) is 67.5 Å². The summed E-state index contributed by atoms with van der Waals surface area (Å²) >= 11 is 0. The molecule has 6 nitrogen and oxygen atoms in total. The molecule has 0 radical (unpaired) electrons. The average Bonchev–Trinajstić information content (AvgIpc) is 2.68. The summed E-state index contributed by atoms with van der Waals surface area (Å²) in [5.74, 6) is -0.269. The molecule has 1 N–H and O–H groups in total. The highest BCUT2D eigenvalue weighted by molar-refractivity contribution is 5.97. The molecule has 142 valence electrons. The lowest BCUT2D eigenvalue weighted by molar-refractivity contribution is -0.137. The lowest BCUT2D eigenvalue weighted by Gasteiger charge is -2.37. The first kappa shape index (κ1) is 18.6. The zero-order valence-electron chi connectivity index (χ0n) is 14.5. The maximum atomic E-state index is 12.7. The summed E-state index contributed by atoms with van der Waals surface area (Å²) < 4.78 is 29.5. The van der Waals surface area contributed by atoms with Crippen LogP contribution < -0.4 is 10.1 Å². The van der Waals surface area contributed by atoms with Crippen molar-refractivity contribution in [2.45, 2.75) is 19.5 Å². The fourth-order valence-corrected chi connectivity index (χ4v) is 3.47. The van der Waals surface area contributed by atoms with E-state index in [-0.39, 0.29) is 29.0 Å². The van der Waals surface area contributed by atoms with Crippen LogP contribution >= 0.6 is 0 Å². The van der Waals surface area contributed by atoms with Gasteiger partial charge in [0.1, 0.15) is 5.75 Å². The van der Waals surface area contributed by atoms with Gasteiger partial charge in [0.15, 0.2) is 0 Å². The fraction of sp³-hybridized carbons (Fsp3) is 0.556. The van der Waals surface area contributed by atoms with E-state index in [0.717, 1.165) is 25.9 Å². The molecule has 2 aliphatic heterocycles. The Balaban J connectivity index is 1.59. The van der Waals surface area contributed by atoms with Gasteiger partial charge in [0.05, 0.1) is 5.56 Å². The number of piperidine rings is 1. The first-order valence-corrected chi connectivity index (χ1v) is 8.89. The van der Waals surface area contributed by atoms with E-state index in [2.05, 4.69) is 10.1 Å². The third-order valence-corrected chi connectivity index (χ3v) is 4.90. The van der Waals surface area contributed by atoms with Crippen LogP contribution in [0.15, 0.2) is 24.3 Å². The number of benzene rings is 1. The molecule has 0 aliphatic carbocycles. The van der Waals surface area contributed by atoms with Crippen LogP contribution in [0.5, 0.6) is 5.75 Å². The van der Waals surface area contributed by atoms with Crippen LogP contribution in [0, 0.1) is 5.92 Å². The number of halogens is 2. The maximum Gasteiger partial charge on any atom is 0.387 e. The van der Waals surface area contributed by atoms with Crippen LogP contribution in [0.25, 0.3) is 0 Å². The molecule has 2 amide bonds. The standard InChI is InChI=1S/C18H23F2N3O3/c19-18(20)26-15-4-2-1-3-14(15)17(25)23-11-9-22(10-12-23)16(24)13-5-7-21-8-6-13/h1-4,13,18,21H,5-12H2. The lowest BCUT2D eigenvalue weighted by atomic mass is 9.96. The summed E-state index contributed by atoms with van der Waals surface area (Å²) in [6, 6.07) is 6.00. The Morgan fingerprint density at radius 1 is 1.04 bits per heavy atom. The highest BCUT2D eigenvalue weighted by atomic mass is 19.3. The Labute approximate surface area is 151 Å². The van der Waals surface area contributed by atoms with E-state index >= 15 is 0 Å². The number of carbonyl (C=O) groups is 2. The molecule has 3 rings (SSSR count). The average molecular weight is 367 g/mol. The van der Waals surface area contributed by atoms with Crippen LogP contribution in [0.4, 0.5) is 8.78 Å². The Morgan fingerprint density at radius 3 is 2.31 bits per heavy atom. The highest BCUT2D eigenvalue weighted by Crippen LogP contribution is 2.23. The zero-order chi connectivity index (χ0) is 18.5. The van der Waals surface area contributed by atoms with Crippen molar-refractivity contribution in [3.8, 4) is 5.75 Å². The van der Waals surface area contributed by atoms with E-state index in [0.29, 0.717) is 26.2 Å². The predicted molar refractivity (Wildman–Crippen MR) is 91.2 cm³/mol. The molecule has 2 aliphatic rings. The molecular weight excluding hydrogens is 344 g/mol. The normalized spacial score (nSPS) is 18.9. The summed E-state index contributed by atoms with van der Waals surface area (Å²) in [6.07, 6.45) is 1.69. The van der Waals surface area contributed by atoms with Gasteiger partial charge in [-0.15, -0.1) is 0 Å². The van der Waals surface area contributed by atoms with Gasteiger partial charge in [-0.25, -0.2) is 0 Å². The topological polar surface area (TPSA) is 61.9 Å². The van der Waals surface area contributed by atoms with Gasteiger partial charge in [-0.2, -0.15) is 8.78 Å². The number of hydrogen-bond acceptors (Lipinski definition) is 4. The number of para-hydroxylation sites is 1. The molecule has 0 bridgehead atoms. The number of amides is 2. The van der Waals surface area contributed by atoms with Gasteiger partial charge in [0.25, 0.3) is 5.91 Å². The minimum Gasteiger partial charge on any atom is -0.434 e. The van der Waals surface area contributed by atoms with Crippen LogP contribution in [0.1, 0.15) is 23.2 Å². The smallest absolute Gasteiger partial charge is 0.387 e. The minimum atomic E-state index is -2.98. The van der Waals surface area contributed by atoms with Crippen molar-refractivity contribution in [2.75, 3.05) is 39.3 Å². The Bertz CT molecular complexity index is 642. The van der Waals surface area contributed by atoms with Gasteiger partial charge in [-0.3, -0.25) is 9.59 Å². The van der Waals surface area contributed by atoms with E-state index < -0.39 is 6.61 Å². The van der Waals surface area contributed by atoms with Crippen LogP contribution in [0.3, 0.4) is 0 Å². The second kappa shape index (κ2) is 8.44. The largest absolute Gasteiger partial charge is 0.434 e. The summed E-state index contributed by atoms with van der Waals surface area (Å²) in [5, 5.41) is 3.24. The van der Waals surface area contributed by atoms with Crippen LogP contribution in [-0.2, 0) is 4.79 Å². The SMILES string of the molecule is O=C(c1ccccc1OC(F)F)N1CCN(C(=O)C2CCNCC2)CC1. The molecule has 2 heterocycles. The van der Waals surface area contributed by atoms with E-state index in [4.69, 9.17) is 0 Å². The van der Waals surface area contributed by atoms with Gasteiger partial charge in [0, 0.05) is 32.1 Å². The highest BCUT2D eigenvalue weighted by Gasteiger charge is 2.30. The molecular formula is C18H23F2N3O3. The summed E-state index contributed by atoms with van der Waals surface area (Å²) in [5.41, 5.74) is 0.117. The minimum absolute atomic E-state index is 0.0543. The number of hydrogen-bond donors (Lipinski definition) is 1. The molecule has 0 unspecified atom stereocenters. The summed E-state index contributed by atoms with van der Waals surface area (Å²) in [4.78, 5) is 28.6. The monoisotopic (exact) mass is 367 g/mol. The molecule has 0 saturated carbocycles. The quantitative estimate of drug-likeness (QED) is 0.878. The van der Waals surface area contributed by atoms with Gasteiger partial charge in [-0.1, -0.05) is 12.1 Å². The molecule has 1 aromatic carbocycles. The lowest BCUT2D eigenvalue weighted by Crippen LogP contribution is -2.52. The number of nitrogens with zero attached hydrogens (tertiary/aromatic N) is 2. The molecule has 2 saturated heterocycles. The van der Waals surface area contributed by atoms with Crippen molar-refractivity contribution < 1.29 is 23.1 Å². The number of alkyl halides is 2. The summed E-state index contributed by atoms with van der Waals surface area (Å²) in [7, 11) is 0. The molecule has 8 heteroatoms. The van der Waals surface area contributed by atoms with E-state index in [1.165, 1.54) is 12.1 Å².